The molecule has 2 rings (SSSR count). The predicted octanol–water partition coefficient (Wildman–Crippen LogP) is 2.19. The third-order valence-electron chi connectivity index (χ3n) is 2.96. The largest absolute Gasteiger partial charge is 0.491 e. The van der Waals surface area contributed by atoms with Crippen LogP contribution in [0.4, 0.5) is 5.69 Å². The number of aliphatic hydroxyl groups excluding tert-OH is 1. The van der Waals surface area contributed by atoms with Crippen molar-refractivity contribution in [3.63, 3.8) is 0 Å². The first kappa shape index (κ1) is 15.3. The summed E-state index contributed by atoms with van der Waals surface area (Å²) in [5.74, 6) is 0.0579. The lowest BCUT2D eigenvalue weighted by molar-refractivity contribution is 0.0913. The molecule has 1 aromatic carbocycles. The van der Waals surface area contributed by atoms with Gasteiger partial charge in [0.1, 0.15) is 0 Å². The van der Waals surface area contributed by atoms with Gasteiger partial charge in [0, 0.05) is 6.54 Å². The average Bonchev–Trinajstić information content (AvgIpc) is 3.01. The van der Waals surface area contributed by atoms with E-state index in [0.717, 1.165) is 5.56 Å². The smallest absolute Gasteiger partial charge is 0.255 e. The van der Waals surface area contributed by atoms with Gasteiger partial charge in [-0.25, -0.2) is 0 Å². The van der Waals surface area contributed by atoms with E-state index in [4.69, 9.17) is 10.5 Å². The van der Waals surface area contributed by atoms with Crippen molar-refractivity contribution in [2.75, 3.05) is 18.9 Å². The Morgan fingerprint density at radius 2 is 2.29 bits per heavy atom. The maximum atomic E-state index is 12.2. The molecule has 5 nitrogen and oxygen atoms in total. The molecule has 1 amide bonds. The Balaban J connectivity index is 2.05. The van der Waals surface area contributed by atoms with Crippen LogP contribution in [0.1, 0.15) is 28.9 Å². The molecule has 0 saturated heterocycles. The molecule has 1 unspecified atom stereocenters. The molecule has 2 aromatic rings. The zero-order valence-electron chi connectivity index (χ0n) is 11.7. The van der Waals surface area contributed by atoms with E-state index in [1.54, 1.807) is 18.2 Å². The van der Waals surface area contributed by atoms with Gasteiger partial charge < -0.3 is 20.9 Å². The molecule has 0 saturated carbocycles. The maximum Gasteiger partial charge on any atom is 0.255 e. The topological polar surface area (TPSA) is 84.6 Å². The van der Waals surface area contributed by atoms with Gasteiger partial charge in [0.2, 0.25) is 0 Å². The number of thiophene rings is 1. The third kappa shape index (κ3) is 3.74. The summed E-state index contributed by atoms with van der Waals surface area (Å²) >= 11 is 1.50. The first-order valence-corrected chi connectivity index (χ1v) is 7.57. The molecule has 0 radical (unpaired) electrons. The van der Waals surface area contributed by atoms with Gasteiger partial charge in [-0.2, -0.15) is 11.3 Å². The number of carbonyl (C=O) groups is 1. The molecule has 0 fully saturated rings. The number of nitrogens with one attached hydrogen (secondary N) is 1. The number of carbonyl (C=O) groups excluding carboxylic acids is 1. The van der Waals surface area contributed by atoms with Gasteiger partial charge in [0.15, 0.2) is 5.75 Å². The average molecular weight is 306 g/mol. The number of amides is 1. The van der Waals surface area contributed by atoms with Crippen LogP contribution < -0.4 is 15.8 Å². The van der Waals surface area contributed by atoms with Crippen LogP contribution in [0.25, 0.3) is 0 Å². The van der Waals surface area contributed by atoms with Crippen LogP contribution in [0.3, 0.4) is 0 Å². The summed E-state index contributed by atoms with van der Waals surface area (Å²) in [6.45, 7) is 2.39. The fourth-order valence-corrected chi connectivity index (χ4v) is 2.61. The van der Waals surface area contributed by atoms with Crippen LogP contribution in [0.2, 0.25) is 0 Å². The summed E-state index contributed by atoms with van der Waals surface area (Å²) < 4.78 is 5.42. The number of para-hydroxylation sites is 1. The van der Waals surface area contributed by atoms with Crippen molar-refractivity contribution in [2.45, 2.75) is 13.0 Å². The van der Waals surface area contributed by atoms with E-state index in [2.05, 4.69) is 5.32 Å². The number of hydrogen-bond donors (Lipinski definition) is 3. The molecular formula is C15H18N2O3S. The highest BCUT2D eigenvalue weighted by molar-refractivity contribution is 7.07. The van der Waals surface area contributed by atoms with E-state index in [-0.39, 0.29) is 12.5 Å². The number of rotatable bonds is 6. The summed E-state index contributed by atoms with van der Waals surface area (Å²) in [5, 5.41) is 16.4. The van der Waals surface area contributed by atoms with Gasteiger partial charge in [0.25, 0.3) is 5.91 Å². The van der Waals surface area contributed by atoms with Gasteiger partial charge >= 0.3 is 0 Å². The Morgan fingerprint density at radius 1 is 1.48 bits per heavy atom. The summed E-state index contributed by atoms with van der Waals surface area (Å²) in [6, 6.07) is 6.85. The maximum absolute atomic E-state index is 12.2. The number of aliphatic hydroxyl groups is 1. The molecule has 0 spiro atoms. The van der Waals surface area contributed by atoms with Crippen molar-refractivity contribution in [3.05, 3.63) is 46.2 Å². The first-order chi connectivity index (χ1) is 10.1. The SMILES string of the molecule is CCOc1c(N)cccc1C(=O)NCC(O)c1ccsc1. The first-order valence-electron chi connectivity index (χ1n) is 6.63. The molecule has 21 heavy (non-hydrogen) atoms. The zero-order valence-corrected chi connectivity index (χ0v) is 12.5. The molecule has 0 bridgehead atoms. The molecule has 0 aliphatic heterocycles. The zero-order chi connectivity index (χ0) is 15.2. The lowest BCUT2D eigenvalue weighted by Crippen LogP contribution is -2.28. The summed E-state index contributed by atoms with van der Waals surface area (Å²) in [5.41, 5.74) is 7.40. The van der Waals surface area contributed by atoms with Crippen molar-refractivity contribution in [2.24, 2.45) is 0 Å². The van der Waals surface area contributed by atoms with Gasteiger partial charge in [-0.15, -0.1) is 0 Å². The normalized spacial score (nSPS) is 11.9. The number of hydrogen-bond acceptors (Lipinski definition) is 5. The minimum atomic E-state index is -0.725. The number of ether oxygens (including phenoxy) is 1. The molecule has 1 atom stereocenters. The monoisotopic (exact) mass is 306 g/mol. The quantitative estimate of drug-likeness (QED) is 0.714. The van der Waals surface area contributed by atoms with Crippen LogP contribution >= 0.6 is 11.3 Å². The minimum Gasteiger partial charge on any atom is -0.491 e. The van der Waals surface area contributed by atoms with E-state index in [1.165, 1.54) is 11.3 Å². The standard InChI is InChI=1S/C15H18N2O3S/c1-2-20-14-11(4-3-5-12(14)16)15(19)17-8-13(18)10-6-7-21-9-10/h3-7,9,13,18H,2,8,16H2,1H3,(H,17,19). The lowest BCUT2D eigenvalue weighted by Gasteiger charge is -2.14. The number of nitrogens with two attached hydrogens (primary N) is 1. The molecule has 1 heterocycles. The van der Waals surface area contributed by atoms with E-state index < -0.39 is 6.10 Å². The van der Waals surface area contributed by atoms with Gasteiger partial charge in [-0.3, -0.25) is 4.79 Å². The summed E-state index contributed by atoms with van der Waals surface area (Å²) in [6.07, 6.45) is -0.725. The highest BCUT2D eigenvalue weighted by Crippen LogP contribution is 2.26. The second-order valence-corrected chi connectivity index (χ2v) is 5.22. The van der Waals surface area contributed by atoms with Crippen LogP contribution in [-0.4, -0.2) is 24.2 Å². The number of benzene rings is 1. The van der Waals surface area contributed by atoms with Crippen LogP contribution in [0, 0.1) is 0 Å². The van der Waals surface area contributed by atoms with Crippen molar-refractivity contribution < 1.29 is 14.6 Å². The fourth-order valence-electron chi connectivity index (χ4n) is 1.91. The van der Waals surface area contributed by atoms with Gasteiger partial charge in [-0.1, -0.05) is 6.07 Å². The number of nitrogen functional groups attached to an aromatic ring is 1. The highest BCUT2D eigenvalue weighted by atomic mass is 32.1. The van der Waals surface area contributed by atoms with Gasteiger partial charge in [-0.05, 0) is 41.4 Å². The highest BCUT2D eigenvalue weighted by Gasteiger charge is 2.16. The molecule has 0 aliphatic rings. The van der Waals surface area contributed by atoms with Crippen molar-refractivity contribution in [1.29, 1.82) is 0 Å². The number of anilines is 1. The molecule has 6 heteroatoms. The fraction of sp³-hybridized carbons (Fsp3) is 0.267. The van der Waals surface area contributed by atoms with E-state index in [0.29, 0.717) is 23.6 Å². The van der Waals surface area contributed by atoms with E-state index in [1.807, 2.05) is 23.8 Å². The molecule has 0 aliphatic carbocycles. The minimum absolute atomic E-state index is 0.135. The van der Waals surface area contributed by atoms with E-state index in [9.17, 15) is 9.90 Å². The Hall–Kier alpha value is -2.05. The Labute approximate surface area is 127 Å². The van der Waals surface area contributed by atoms with E-state index >= 15 is 0 Å². The molecule has 112 valence electrons. The van der Waals surface area contributed by atoms with Gasteiger partial charge in [0.05, 0.1) is 24.0 Å². The van der Waals surface area contributed by atoms with Crippen LogP contribution in [-0.2, 0) is 0 Å². The summed E-state index contributed by atoms with van der Waals surface area (Å²) in [4.78, 5) is 12.2. The molecule has 1 aromatic heterocycles. The van der Waals surface area contributed by atoms with Crippen molar-refractivity contribution in [3.8, 4) is 5.75 Å². The Bertz CT molecular complexity index is 599. The van der Waals surface area contributed by atoms with Crippen molar-refractivity contribution in [1.82, 2.24) is 5.32 Å². The molecule has 4 N–H and O–H groups in total. The van der Waals surface area contributed by atoms with Crippen LogP contribution in [0.15, 0.2) is 35.0 Å². The lowest BCUT2D eigenvalue weighted by atomic mass is 10.1. The third-order valence-corrected chi connectivity index (χ3v) is 3.66. The Morgan fingerprint density at radius 3 is 2.95 bits per heavy atom. The molecular weight excluding hydrogens is 288 g/mol. The second kappa shape index (κ2) is 7.10. The second-order valence-electron chi connectivity index (χ2n) is 4.44. The van der Waals surface area contributed by atoms with Crippen molar-refractivity contribution >= 4 is 22.9 Å². The van der Waals surface area contributed by atoms with Crippen LogP contribution in [0.5, 0.6) is 5.75 Å². The summed E-state index contributed by atoms with van der Waals surface area (Å²) in [7, 11) is 0. The predicted molar refractivity (Wildman–Crippen MR) is 83.6 cm³/mol. The Kier molecular flexibility index (Phi) is 5.19.